The number of nitrogens with one attached hydrogen (secondary N) is 1. The molecule has 192 valence electrons. The third-order valence-electron chi connectivity index (χ3n) is 5.32. The molecule has 0 fully saturated rings. The zero-order valence-corrected chi connectivity index (χ0v) is 20.4. The van der Waals surface area contributed by atoms with Crippen LogP contribution in [0.4, 0.5) is 13.2 Å². The molecule has 0 saturated heterocycles. The van der Waals surface area contributed by atoms with Crippen molar-refractivity contribution in [2.45, 2.75) is 46.1 Å². The summed E-state index contributed by atoms with van der Waals surface area (Å²) in [5.41, 5.74) is -1.93. The van der Waals surface area contributed by atoms with Crippen molar-refractivity contribution in [2.24, 2.45) is 5.41 Å². The molecule has 2 N–H and O–H groups in total. The van der Waals surface area contributed by atoms with Crippen LogP contribution in [0, 0.1) is 5.41 Å². The number of alkyl halides is 3. The van der Waals surface area contributed by atoms with Crippen molar-refractivity contribution < 1.29 is 27.9 Å². The average molecular weight is 525 g/mol. The fourth-order valence-electron chi connectivity index (χ4n) is 3.67. The average Bonchev–Trinajstić information content (AvgIpc) is 3.07. The first-order valence-electron chi connectivity index (χ1n) is 10.8. The number of rotatable bonds is 7. The van der Waals surface area contributed by atoms with Crippen molar-refractivity contribution in [1.82, 2.24) is 19.7 Å². The topological polar surface area (TPSA) is 106 Å². The van der Waals surface area contributed by atoms with Crippen LogP contribution in [0.5, 0.6) is 0 Å². The molecule has 3 rings (SSSR count). The SMILES string of the molecule is CC(C)(C)C(C(=O)O)n1c(-c2ccc(Cl)cc2)nn(CC(=O)NCc2cccc(C(F)(F)F)c2)c1=O. The molecular weight excluding hydrogens is 501 g/mol. The number of hydrogen-bond acceptors (Lipinski definition) is 4. The van der Waals surface area contributed by atoms with E-state index in [2.05, 4.69) is 10.4 Å². The van der Waals surface area contributed by atoms with Crippen LogP contribution in [0.25, 0.3) is 11.4 Å². The molecule has 0 aliphatic heterocycles. The molecule has 1 heterocycles. The lowest BCUT2D eigenvalue weighted by atomic mass is 9.86. The van der Waals surface area contributed by atoms with E-state index in [9.17, 15) is 32.7 Å². The summed E-state index contributed by atoms with van der Waals surface area (Å²) >= 11 is 5.95. The molecule has 2 aromatic carbocycles. The standard InChI is InChI=1S/C24H24ClF3N4O4/c1-23(2,3)19(21(34)35)32-20(15-7-9-17(25)10-8-15)30-31(22(32)36)13-18(33)29-12-14-5-4-6-16(11-14)24(26,27)28/h4-11,19H,12-13H2,1-3H3,(H,29,33)(H,34,35). The van der Waals surface area contributed by atoms with Gasteiger partial charge in [-0.2, -0.15) is 13.2 Å². The number of hydrogen-bond donors (Lipinski definition) is 2. The summed E-state index contributed by atoms with van der Waals surface area (Å²) in [4.78, 5) is 38.0. The predicted molar refractivity (Wildman–Crippen MR) is 126 cm³/mol. The lowest BCUT2D eigenvalue weighted by Crippen LogP contribution is -2.40. The first-order chi connectivity index (χ1) is 16.7. The van der Waals surface area contributed by atoms with E-state index >= 15 is 0 Å². The van der Waals surface area contributed by atoms with Gasteiger partial charge in [0.1, 0.15) is 12.6 Å². The Morgan fingerprint density at radius 1 is 1.11 bits per heavy atom. The van der Waals surface area contributed by atoms with E-state index < -0.39 is 47.3 Å². The van der Waals surface area contributed by atoms with Crippen LogP contribution in [0.15, 0.2) is 53.3 Å². The van der Waals surface area contributed by atoms with Crippen molar-refractivity contribution >= 4 is 23.5 Å². The molecule has 0 aliphatic carbocycles. The van der Waals surface area contributed by atoms with Crippen molar-refractivity contribution in [3.05, 3.63) is 75.2 Å². The number of aromatic nitrogens is 3. The minimum absolute atomic E-state index is 0.0321. The van der Waals surface area contributed by atoms with Crippen molar-refractivity contribution in [3.8, 4) is 11.4 Å². The smallest absolute Gasteiger partial charge is 0.416 e. The Morgan fingerprint density at radius 2 is 1.75 bits per heavy atom. The highest BCUT2D eigenvalue weighted by Gasteiger charge is 2.37. The normalized spacial score (nSPS) is 12.9. The zero-order chi connectivity index (χ0) is 26.8. The zero-order valence-electron chi connectivity index (χ0n) is 19.6. The van der Waals surface area contributed by atoms with E-state index in [1.165, 1.54) is 12.1 Å². The second kappa shape index (κ2) is 10.2. The maximum absolute atomic E-state index is 13.3. The predicted octanol–water partition coefficient (Wildman–Crippen LogP) is 4.37. The molecular formula is C24H24ClF3N4O4. The van der Waals surface area contributed by atoms with Crippen LogP contribution in [0.3, 0.4) is 0 Å². The Hall–Kier alpha value is -3.60. The van der Waals surface area contributed by atoms with Crippen LogP contribution < -0.4 is 11.0 Å². The molecule has 0 aliphatic rings. The summed E-state index contributed by atoms with van der Waals surface area (Å²) in [5, 5.41) is 17.0. The largest absolute Gasteiger partial charge is 0.480 e. The van der Waals surface area contributed by atoms with Crippen LogP contribution in [-0.4, -0.2) is 31.3 Å². The van der Waals surface area contributed by atoms with Crippen LogP contribution in [0.2, 0.25) is 5.02 Å². The fraction of sp³-hybridized carbons (Fsp3) is 0.333. The van der Waals surface area contributed by atoms with E-state index in [0.717, 1.165) is 21.4 Å². The summed E-state index contributed by atoms with van der Waals surface area (Å²) in [6, 6.07) is 9.44. The van der Waals surface area contributed by atoms with E-state index in [1.54, 1.807) is 45.0 Å². The minimum Gasteiger partial charge on any atom is -0.480 e. The molecule has 1 unspecified atom stereocenters. The summed E-state index contributed by atoms with van der Waals surface area (Å²) < 4.78 is 40.6. The van der Waals surface area contributed by atoms with Gasteiger partial charge >= 0.3 is 17.8 Å². The summed E-state index contributed by atoms with van der Waals surface area (Å²) in [5.74, 6) is -1.91. The Balaban J connectivity index is 1.92. The van der Waals surface area contributed by atoms with Crippen LogP contribution in [-0.2, 0) is 28.9 Å². The van der Waals surface area contributed by atoms with Crippen molar-refractivity contribution in [1.29, 1.82) is 0 Å². The Kier molecular flexibility index (Phi) is 7.63. The first kappa shape index (κ1) is 27.0. The quantitative estimate of drug-likeness (QED) is 0.477. The first-order valence-corrected chi connectivity index (χ1v) is 11.2. The van der Waals surface area contributed by atoms with Gasteiger partial charge in [0.25, 0.3) is 0 Å². The van der Waals surface area contributed by atoms with Gasteiger partial charge in [0.15, 0.2) is 5.82 Å². The molecule has 0 saturated carbocycles. The Morgan fingerprint density at radius 3 is 2.31 bits per heavy atom. The lowest BCUT2D eigenvalue weighted by Gasteiger charge is -2.28. The number of carbonyl (C=O) groups excluding carboxylic acids is 1. The molecule has 12 heteroatoms. The highest BCUT2D eigenvalue weighted by atomic mass is 35.5. The van der Waals surface area contributed by atoms with Gasteiger partial charge < -0.3 is 10.4 Å². The molecule has 0 bridgehead atoms. The molecule has 3 aromatic rings. The van der Waals surface area contributed by atoms with Crippen molar-refractivity contribution in [2.75, 3.05) is 0 Å². The highest BCUT2D eigenvalue weighted by molar-refractivity contribution is 6.30. The fourth-order valence-corrected chi connectivity index (χ4v) is 3.80. The second-order valence-corrected chi connectivity index (χ2v) is 9.66. The number of halogens is 4. The number of carboxylic acid groups (broad SMARTS) is 1. The number of amides is 1. The number of nitrogens with zero attached hydrogens (tertiary/aromatic N) is 3. The Bertz CT molecular complexity index is 1320. The minimum atomic E-state index is -4.52. The summed E-state index contributed by atoms with van der Waals surface area (Å²) in [7, 11) is 0. The molecule has 8 nitrogen and oxygen atoms in total. The van der Waals surface area contributed by atoms with Gasteiger partial charge in [-0.05, 0) is 47.4 Å². The third-order valence-corrected chi connectivity index (χ3v) is 5.57. The number of aliphatic carboxylic acids is 1. The van der Waals surface area contributed by atoms with Gasteiger partial charge in [-0.25, -0.2) is 14.3 Å². The molecule has 36 heavy (non-hydrogen) atoms. The van der Waals surface area contributed by atoms with E-state index in [0.29, 0.717) is 10.6 Å². The molecule has 1 amide bonds. The number of benzene rings is 2. The van der Waals surface area contributed by atoms with Crippen molar-refractivity contribution in [3.63, 3.8) is 0 Å². The van der Waals surface area contributed by atoms with Crippen LogP contribution in [0.1, 0.15) is 37.9 Å². The molecule has 1 aromatic heterocycles. The number of carboxylic acids is 1. The summed E-state index contributed by atoms with van der Waals surface area (Å²) in [6.45, 7) is 4.19. The maximum Gasteiger partial charge on any atom is 0.416 e. The van der Waals surface area contributed by atoms with E-state index in [-0.39, 0.29) is 17.9 Å². The molecule has 0 radical (unpaired) electrons. The third kappa shape index (κ3) is 6.14. The molecule has 1 atom stereocenters. The van der Waals surface area contributed by atoms with E-state index in [4.69, 9.17) is 11.6 Å². The van der Waals surface area contributed by atoms with Gasteiger partial charge in [-0.1, -0.05) is 44.5 Å². The maximum atomic E-state index is 13.3. The highest BCUT2D eigenvalue weighted by Crippen LogP contribution is 2.33. The molecule has 0 spiro atoms. The lowest BCUT2D eigenvalue weighted by molar-refractivity contribution is -0.144. The van der Waals surface area contributed by atoms with Gasteiger partial charge in [0.2, 0.25) is 5.91 Å². The second-order valence-electron chi connectivity index (χ2n) is 9.22. The van der Waals surface area contributed by atoms with Gasteiger partial charge in [-0.15, -0.1) is 5.10 Å². The Labute approximate surface area is 209 Å². The van der Waals surface area contributed by atoms with Gasteiger partial charge in [-0.3, -0.25) is 9.36 Å². The van der Waals surface area contributed by atoms with Gasteiger partial charge in [0, 0.05) is 17.1 Å². The van der Waals surface area contributed by atoms with Crippen LogP contribution >= 0.6 is 11.6 Å². The monoisotopic (exact) mass is 524 g/mol. The van der Waals surface area contributed by atoms with E-state index in [1.807, 2.05) is 0 Å². The summed E-state index contributed by atoms with van der Waals surface area (Å²) in [6.07, 6.45) is -4.52. The van der Waals surface area contributed by atoms with Gasteiger partial charge in [0.05, 0.1) is 5.56 Å². The number of carbonyl (C=O) groups is 2.